The van der Waals surface area contributed by atoms with E-state index in [1.165, 1.54) is 20.1 Å². The van der Waals surface area contributed by atoms with Crippen LogP contribution in [0.3, 0.4) is 0 Å². The van der Waals surface area contributed by atoms with Gasteiger partial charge in [-0.2, -0.15) is 0 Å². The molecule has 0 unspecified atom stereocenters. The lowest BCUT2D eigenvalue weighted by Gasteiger charge is -2.05. The molecule has 0 radical (unpaired) electrons. The lowest BCUT2D eigenvalue weighted by atomic mass is 10.2. The van der Waals surface area contributed by atoms with Crippen LogP contribution in [0, 0.1) is 6.92 Å². The first-order chi connectivity index (χ1) is 6.06. The van der Waals surface area contributed by atoms with E-state index in [2.05, 4.69) is 9.72 Å². The monoisotopic (exact) mass is 189 g/mol. The van der Waals surface area contributed by atoms with Crippen LogP contribution in [0.4, 0.5) is 8.78 Å². The number of aromatic nitrogens is 1. The van der Waals surface area contributed by atoms with E-state index in [4.69, 9.17) is 0 Å². The Balaban J connectivity index is 3.29. The van der Waals surface area contributed by atoms with Crippen molar-refractivity contribution in [1.29, 1.82) is 0 Å². The van der Waals surface area contributed by atoms with Crippen LogP contribution in [0.1, 0.15) is 17.7 Å². The van der Waals surface area contributed by atoms with Crippen LogP contribution in [0.5, 0.6) is 5.75 Å². The van der Waals surface area contributed by atoms with Crippen LogP contribution in [0.15, 0.2) is 10.9 Å². The molecular formula is C8H9F2NO2. The number of nitrogens with one attached hydrogen (secondary N) is 1. The van der Waals surface area contributed by atoms with E-state index in [0.29, 0.717) is 5.56 Å². The standard InChI is InChI=1S/C8H9F2NO2/c1-4-3-5(13-2)8(12)11-6(4)7(9)10/h3,7H,1-2H3,(H,11,12). The van der Waals surface area contributed by atoms with Crippen LogP contribution in [0.25, 0.3) is 0 Å². The van der Waals surface area contributed by atoms with Crippen molar-refractivity contribution in [2.75, 3.05) is 7.11 Å². The Morgan fingerprint density at radius 1 is 1.54 bits per heavy atom. The topological polar surface area (TPSA) is 42.1 Å². The van der Waals surface area contributed by atoms with Gasteiger partial charge in [0.2, 0.25) is 0 Å². The highest BCUT2D eigenvalue weighted by molar-refractivity contribution is 5.28. The fourth-order valence-corrected chi connectivity index (χ4v) is 1.00. The normalized spacial score (nSPS) is 10.5. The predicted octanol–water partition coefficient (Wildman–Crippen LogP) is 1.63. The van der Waals surface area contributed by atoms with Crippen molar-refractivity contribution >= 4 is 0 Å². The van der Waals surface area contributed by atoms with E-state index >= 15 is 0 Å². The minimum absolute atomic E-state index is 0.0434. The van der Waals surface area contributed by atoms with Crippen molar-refractivity contribution in [3.8, 4) is 5.75 Å². The predicted molar refractivity (Wildman–Crippen MR) is 43.3 cm³/mol. The van der Waals surface area contributed by atoms with Gasteiger partial charge in [0, 0.05) is 0 Å². The van der Waals surface area contributed by atoms with Crippen LogP contribution < -0.4 is 10.3 Å². The summed E-state index contributed by atoms with van der Waals surface area (Å²) in [6.07, 6.45) is -2.67. The summed E-state index contributed by atoms with van der Waals surface area (Å²) >= 11 is 0. The number of halogens is 2. The molecule has 0 aliphatic heterocycles. The van der Waals surface area contributed by atoms with Gasteiger partial charge in [-0.3, -0.25) is 4.79 Å². The molecule has 0 spiro atoms. The Hall–Kier alpha value is -1.39. The Kier molecular flexibility index (Phi) is 2.65. The Morgan fingerprint density at radius 2 is 2.15 bits per heavy atom. The maximum atomic E-state index is 12.2. The van der Waals surface area contributed by atoms with Gasteiger partial charge >= 0.3 is 0 Å². The molecule has 0 atom stereocenters. The third kappa shape index (κ3) is 1.85. The molecule has 1 N–H and O–H groups in total. The summed E-state index contributed by atoms with van der Waals surface area (Å²) < 4.78 is 29.1. The number of hydrogen-bond donors (Lipinski definition) is 1. The van der Waals surface area contributed by atoms with Gasteiger partial charge in [-0.1, -0.05) is 0 Å². The van der Waals surface area contributed by atoms with Crippen molar-refractivity contribution in [2.24, 2.45) is 0 Å². The molecule has 0 aromatic carbocycles. The average molecular weight is 189 g/mol. The molecule has 3 nitrogen and oxygen atoms in total. The highest BCUT2D eigenvalue weighted by Gasteiger charge is 2.13. The first kappa shape index (κ1) is 9.70. The second-order valence-electron chi connectivity index (χ2n) is 2.56. The van der Waals surface area contributed by atoms with Gasteiger partial charge < -0.3 is 9.72 Å². The summed E-state index contributed by atoms with van der Waals surface area (Å²) in [5.74, 6) is 0.0434. The maximum absolute atomic E-state index is 12.2. The van der Waals surface area contributed by atoms with Gasteiger partial charge in [-0.15, -0.1) is 0 Å². The number of ether oxygens (including phenoxy) is 1. The molecule has 0 saturated heterocycles. The molecule has 0 bridgehead atoms. The molecule has 0 amide bonds. The fraction of sp³-hybridized carbons (Fsp3) is 0.375. The van der Waals surface area contributed by atoms with Crippen molar-refractivity contribution < 1.29 is 13.5 Å². The van der Waals surface area contributed by atoms with E-state index in [-0.39, 0.29) is 11.4 Å². The molecule has 0 aliphatic carbocycles. The summed E-state index contributed by atoms with van der Waals surface area (Å²) in [6.45, 7) is 1.49. The summed E-state index contributed by atoms with van der Waals surface area (Å²) in [7, 11) is 1.31. The lowest BCUT2D eigenvalue weighted by molar-refractivity contribution is 0.144. The lowest BCUT2D eigenvalue weighted by Crippen LogP contribution is -2.13. The molecule has 0 aliphatic rings. The number of rotatable bonds is 2. The first-order valence-corrected chi connectivity index (χ1v) is 3.62. The van der Waals surface area contributed by atoms with E-state index in [1.54, 1.807) is 0 Å². The number of methoxy groups -OCH3 is 1. The van der Waals surface area contributed by atoms with Gasteiger partial charge in [0.05, 0.1) is 12.8 Å². The minimum atomic E-state index is -2.67. The van der Waals surface area contributed by atoms with Crippen molar-refractivity contribution in [1.82, 2.24) is 4.98 Å². The Bertz CT molecular complexity index is 360. The third-order valence-electron chi connectivity index (χ3n) is 1.68. The van der Waals surface area contributed by atoms with E-state index in [9.17, 15) is 13.6 Å². The van der Waals surface area contributed by atoms with Crippen LogP contribution in [0.2, 0.25) is 0 Å². The zero-order valence-corrected chi connectivity index (χ0v) is 7.23. The summed E-state index contributed by atoms with van der Waals surface area (Å²) in [5.41, 5.74) is -0.680. The van der Waals surface area contributed by atoms with Crippen molar-refractivity contribution in [3.63, 3.8) is 0 Å². The van der Waals surface area contributed by atoms with Gasteiger partial charge in [0.25, 0.3) is 12.0 Å². The molecule has 5 heteroatoms. The van der Waals surface area contributed by atoms with Crippen molar-refractivity contribution in [3.05, 3.63) is 27.7 Å². The second-order valence-corrected chi connectivity index (χ2v) is 2.56. The summed E-state index contributed by atoms with van der Waals surface area (Å²) in [6, 6.07) is 1.29. The summed E-state index contributed by atoms with van der Waals surface area (Å²) in [5, 5.41) is 0. The van der Waals surface area contributed by atoms with Crippen molar-refractivity contribution in [2.45, 2.75) is 13.3 Å². The maximum Gasteiger partial charge on any atom is 0.290 e. The highest BCUT2D eigenvalue weighted by atomic mass is 19.3. The van der Waals surface area contributed by atoms with E-state index in [1.807, 2.05) is 0 Å². The largest absolute Gasteiger partial charge is 0.491 e. The zero-order chi connectivity index (χ0) is 10.0. The molecule has 13 heavy (non-hydrogen) atoms. The molecular weight excluding hydrogens is 180 g/mol. The smallest absolute Gasteiger partial charge is 0.290 e. The summed E-state index contributed by atoms with van der Waals surface area (Å²) in [4.78, 5) is 13.1. The second kappa shape index (κ2) is 3.55. The highest BCUT2D eigenvalue weighted by Crippen LogP contribution is 2.20. The number of hydrogen-bond acceptors (Lipinski definition) is 2. The van der Waals surface area contributed by atoms with Gasteiger partial charge in [0.15, 0.2) is 5.75 Å². The number of alkyl halides is 2. The van der Waals surface area contributed by atoms with Gasteiger partial charge in [-0.25, -0.2) is 8.78 Å². The molecule has 1 heterocycles. The third-order valence-corrected chi connectivity index (χ3v) is 1.68. The number of H-pyrrole nitrogens is 1. The Labute approximate surface area is 73.4 Å². The Morgan fingerprint density at radius 3 is 2.62 bits per heavy atom. The molecule has 1 aromatic rings. The van der Waals surface area contributed by atoms with Crippen LogP contribution in [-0.4, -0.2) is 12.1 Å². The SMILES string of the molecule is COc1cc(C)c(C(F)F)[nH]c1=O. The number of pyridine rings is 1. The number of aryl methyl sites for hydroxylation is 1. The van der Waals surface area contributed by atoms with E-state index in [0.717, 1.165) is 0 Å². The number of aromatic amines is 1. The van der Waals surface area contributed by atoms with Crippen LogP contribution in [-0.2, 0) is 0 Å². The minimum Gasteiger partial charge on any atom is -0.491 e. The molecule has 0 saturated carbocycles. The molecule has 0 fully saturated rings. The molecule has 1 rings (SSSR count). The first-order valence-electron chi connectivity index (χ1n) is 3.62. The quantitative estimate of drug-likeness (QED) is 0.768. The average Bonchev–Trinajstić information content (AvgIpc) is 2.07. The molecule has 72 valence electrons. The molecule has 1 aromatic heterocycles. The fourth-order valence-electron chi connectivity index (χ4n) is 1.00. The zero-order valence-electron chi connectivity index (χ0n) is 7.23. The van der Waals surface area contributed by atoms with Gasteiger partial charge in [0.1, 0.15) is 0 Å². The van der Waals surface area contributed by atoms with E-state index < -0.39 is 12.0 Å². The van der Waals surface area contributed by atoms with Gasteiger partial charge in [-0.05, 0) is 18.6 Å². The van der Waals surface area contributed by atoms with Crippen LogP contribution >= 0.6 is 0 Å².